The van der Waals surface area contributed by atoms with E-state index >= 15 is 0 Å². The molecule has 0 aromatic heterocycles. The lowest BCUT2D eigenvalue weighted by Crippen LogP contribution is -2.48. The van der Waals surface area contributed by atoms with Crippen molar-refractivity contribution in [1.29, 1.82) is 0 Å². The zero-order valence-corrected chi connectivity index (χ0v) is 14.3. The normalized spacial score (nSPS) is 39.9. The second kappa shape index (κ2) is 7.99. The van der Waals surface area contributed by atoms with Gasteiger partial charge in [0.25, 0.3) is 0 Å². The summed E-state index contributed by atoms with van der Waals surface area (Å²) in [6.07, 6.45) is 20.8. The maximum atomic E-state index is 4.19. The molecular weight excluding hydrogens is 254 g/mol. The van der Waals surface area contributed by atoms with E-state index in [-0.39, 0.29) is 0 Å². The molecule has 0 bridgehead atoms. The molecule has 1 heteroatoms. The Morgan fingerprint density at radius 1 is 0.571 bits per heavy atom. The number of hydrogen-bond acceptors (Lipinski definition) is 1. The maximum Gasteiger partial charge on any atom is 0.0101 e. The number of hydrogen-bond donors (Lipinski definition) is 1. The second-order valence-corrected chi connectivity index (χ2v) is 8.34. The average Bonchev–Trinajstić information content (AvgIpc) is 2.74. The van der Waals surface area contributed by atoms with Gasteiger partial charge in [0.1, 0.15) is 0 Å². The van der Waals surface area contributed by atoms with Gasteiger partial charge in [-0.1, -0.05) is 71.1 Å². The van der Waals surface area contributed by atoms with Gasteiger partial charge in [-0.05, 0) is 43.4 Å². The van der Waals surface area contributed by atoms with Crippen LogP contribution in [-0.2, 0) is 0 Å². The predicted molar refractivity (Wildman–Crippen MR) is 91.5 cm³/mol. The summed E-state index contributed by atoms with van der Waals surface area (Å²) in [7, 11) is 0. The van der Waals surface area contributed by atoms with Gasteiger partial charge in [-0.25, -0.2) is 0 Å². The Morgan fingerprint density at radius 2 is 1.14 bits per heavy atom. The van der Waals surface area contributed by atoms with Gasteiger partial charge in [-0.2, -0.15) is 0 Å². The minimum atomic E-state index is 0.821. The summed E-state index contributed by atoms with van der Waals surface area (Å²) in [5, 5.41) is 4.19. The van der Waals surface area contributed by atoms with Crippen LogP contribution in [0.15, 0.2) is 0 Å². The molecule has 0 radical (unpaired) electrons. The lowest BCUT2D eigenvalue weighted by Gasteiger charge is -2.42. The Bertz CT molecular complexity index is 294. The lowest BCUT2D eigenvalue weighted by molar-refractivity contribution is 0.132. The van der Waals surface area contributed by atoms with Crippen LogP contribution < -0.4 is 5.32 Å². The fourth-order valence-corrected chi connectivity index (χ4v) is 5.51. The predicted octanol–water partition coefficient (Wildman–Crippen LogP) is 5.68. The fourth-order valence-electron chi connectivity index (χ4n) is 5.51. The molecule has 1 nitrogen and oxygen atoms in total. The first-order valence-electron chi connectivity index (χ1n) is 10.1. The van der Waals surface area contributed by atoms with Crippen LogP contribution in [0, 0.1) is 17.8 Å². The second-order valence-electron chi connectivity index (χ2n) is 8.34. The standard InChI is InChI=1S/C20H37N/c1-16-10-4-2-7-14-19(16)21-20-15-9-8-13-18(20)17-11-5-3-6-12-17/h16-21H,2-15H2,1H3. The summed E-state index contributed by atoms with van der Waals surface area (Å²) in [5.74, 6) is 2.97. The molecule has 3 rings (SSSR count). The van der Waals surface area contributed by atoms with Gasteiger partial charge in [0.05, 0.1) is 0 Å². The quantitative estimate of drug-likeness (QED) is 0.659. The molecule has 4 atom stereocenters. The van der Waals surface area contributed by atoms with Gasteiger partial charge in [0, 0.05) is 12.1 Å². The summed E-state index contributed by atoms with van der Waals surface area (Å²) >= 11 is 0. The Kier molecular flexibility index (Phi) is 6.03. The van der Waals surface area contributed by atoms with Crippen LogP contribution in [-0.4, -0.2) is 12.1 Å². The highest BCUT2D eigenvalue weighted by Gasteiger charge is 2.34. The van der Waals surface area contributed by atoms with Crippen molar-refractivity contribution in [3.63, 3.8) is 0 Å². The highest BCUT2D eigenvalue weighted by atomic mass is 15.0. The zero-order chi connectivity index (χ0) is 14.5. The first kappa shape index (κ1) is 15.8. The van der Waals surface area contributed by atoms with E-state index in [9.17, 15) is 0 Å². The number of rotatable bonds is 3. The van der Waals surface area contributed by atoms with Crippen LogP contribution >= 0.6 is 0 Å². The van der Waals surface area contributed by atoms with Gasteiger partial charge in [-0.15, -0.1) is 0 Å². The van der Waals surface area contributed by atoms with Gasteiger partial charge >= 0.3 is 0 Å². The number of nitrogens with one attached hydrogen (secondary N) is 1. The van der Waals surface area contributed by atoms with Crippen LogP contribution in [0.5, 0.6) is 0 Å². The van der Waals surface area contributed by atoms with Crippen molar-refractivity contribution in [3.8, 4) is 0 Å². The summed E-state index contributed by atoms with van der Waals surface area (Å²) in [4.78, 5) is 0. The molecule has 3 aliphatic carbocycles. The monoisotopic (exact) mass is 291 g/mol. The van der Waals surface area contributed by atoms with Crippen molar-refractivity contribution in [2.24, 2.45) is 17.8 Å². The van der Waals surface area contributed by atoms with E-state index in [1.807, 2.05) is 0 Å². The van der Waals surface area contributed by atoms with Crippen molar-refractivity contribution in [3.05, 3.63) is 0 Å². The molecule has 4 unspecified atom stereocenters. The molecule has 3 fully saturated rings. The first-order valence-corrected chi connectivity index (χ1v) is 10.1. The van der Waals surface area contributed by atoms with Crippen molar-refractivity contribution < 1.29 is 0 Å². The van der Waals surface area contributed by atoms with E-state index < -0.39 is 0 Å². The van der Waals surface area contributed by atoms with E-state index in [1.54, 1.807) is 0 Å². The maximum absolute atomic E-state index is 4.19. The topological polar surface area (TPSA) is 12.0 Å². The third-order valence-electron chi connectivity index (χ3n) is 6.86. The smallest absolute Gasteiger partial charge is 0.0101 e. The van der Waals surface area contributed by atoms with E-state index in [0.29, 0.717) is 0 Å². The first-order chi connectivity index (χ1) is 10.3. The summed E-state index contributed by atoms with van der Waals surface area (Å²) in [6, 6.07) is 1.68. The van der Waals surface area contributed by atoms with Crippen molar-refractivity contribution in [1.82, 2.24) is 5.32 Å². The van der Waals surface area contributed by atoms with Crippen LogP contribution in [0.2, 0.25) is 0 Å². The molecule has 1 N–H and O–H groups in total. The minimum absolute atomic E-state index is 0.821. The minimum Gasteiger partial charge on any atom is -0.311 e. The summed E-state index contributed by atoms with van der Waals surface area (Å²) in [6.45, 7) is 2.50. The van der Waals surface area contributed by atoms with Gasteiger partial charge in [0.15, 0.2) is 0 Å². The third-order valence-corrected chi connectivity index (χ3v) is 6.86. The summed E-state index contributed by atoms with van der Waals surface area (Å²) < 4.78 is 0. The molecule has 122 valence electrons. The van der Waals surface area contributed by atoms with Crippen LogP contribution in [0.25, 0.3) is 0 Å². The van der Waals surface area contributed by atoms with Crippen LogP contribution in [0.4, 0.5) is 0 Å². The fraction of sp³-hybridized carbons (Fsp3) is 1.00. The molecule has 21 heavy (non-hydrogen) atoms. The Balaban J connectivity index is 1.60. The highest BCUT2D eigenvalue weighted by Crippen LogP contribution is 2.39. The third kappa shape index (κ3) is 4.24. The van der Waals surface area contributed by atoms with Gasteiger partial charge < -0.3 is 5.32 Å². The Hall–Kier alpha value is -0.0400. The van der Waals surface area contributed by atoms with E-state index in [1.165, 1.54) is 89.9 Å². The SMILES string of the molecule is CC1CCCCCC1NC1CCCCC1C1CCCCC1. The van der Waals surface area contributed by atoms with Crippen LogP contribution in [0.1, 0.15) is 96.8 Å². The van der Waals surface area contributed by atoms with Crippen molar-refractivity contribution >= 4 is 0 Å². The molecule has 0 spiro atoms. The molecule has 0 heterocycles. The highest BCUT2D eigenvalue weighted by molar-refractivity contribution is 4.90. The van der Waals surface area contributed by atoms with E-state index in [2.05, 4.69) is 12.2 Å². The molecule has 3 aliphatic rings. The molecule has 0 saturated heterocycles. The van der Waals surface area contributed by atoms with Gasteiger partial charge in [-0.3, -0.25) is 0 Å². The molecule has 0 amide bonds. The van der Waals surface area contributed by atoms with Crippen molar-refractivity contribution in [2.45, 2.75) is 109 Å². The van der Waals surface area contributed by atoms with E-state index in [4.69, 9.17) is 0 Å². The molecule has 0 aromatic rings. The molecule has 0 aliphatic heterocycles. The van der Waals surface area contributed by atoms with E-state index in [0.717, 1.165) is 29.8 Å². The summed E-state index contributed by atoms with van der Waals surface area (Å²) in [5.41, 5.74) is 0. The zero-order valence-electron chi connectivity index (χ0n) is 14.3. The Morgan fingerprint density at radius 3 is 1.95 bits per heavy atom. The molecule has 0 aromatic carbocycles. The van der Waals surface area contributed by atoms with Gasteiger partial charge in [0.2, 0.25) is 0 Å². The molecule has 3 saturated carbocycles. The van der Waals surface area contributed by atoms with Crippen molar-refractivity contribution in [2.75, 3.05) is 0 Å². The lowest BCUT2D eigenvalue weighted by atomic mass is 9.70. The van der Waals surface area contributed by atoms with Crippen LogP contribution in [0.3, 0.4) is 0 Å². The Labute approximate surface area is 132 Å². The average molecular weight is 292 g/mol. The largest absolute Gasteiger partial charge is 0.311 e. The molecular formula is C20H37N.